The smallest absolute Gasteiger partial charge is 0.189 e. The maximum atomic E-state index is 4.55. The largest absolute Gasteiger partial charge is 0.352 e. The van der Waals surface area contributed by atoms with Crippen LogP contribution < -0.4 is 4.90 Å². The molecule has 0 spiro atoms. The molecule has 0 aliphatic carbocycles. The summed E-state index contributed by atoms with van der Waals surface area (Å²) in [5, 5.41) is 0.847. The molecule has 2 rings (SSSR count). The van der Waals surface area contributed by atoms with Crippen molar-refractivity contribution in [2.24, 2.45) is 0 Å². The fraction of sp³-hybridized carbons (Fsp3) is 0.455. The van der Waals surface area contributed by atoms with Gasteiger partial charge in [0.15, 0.2) is 5.16 Å². The van der Waals surface area contributed by atoms with Crippen molar-refractivity contribution in [3.8, 4) is 0 Å². The molecule has 1 aromatic heterocycles. The Labute approximate surface area is 94.6 Å². The lowest BCUT2D eigenvalue weighted by Gasteiger charge is -2.27. The summed E-state index contributed by atoms with van der Waals surface area (Å²) in [6, 6.07) is 0. The van der Waals surface area contributed by atoms with Crippen molar-refractivity contribution >= 4 is 23.7 Å². The van der Waals surface area contributed by atoms with Gasteiger partial charge >= 0.3 is 0 Å². The Balaban J connectivity index is 2.47. The predicted octanol–water partition coefficient (Wildman–Crippen LogP) is 2.44. The highest BCUT2D eigenvalue weighted by molar-refractivity contribution is 7.98. The molecule has 1 aromatic rings. The highest BCUT2D eigenvalue weighted by Gasteiger charge is 2.16. The van der Waals surface area contributed by atoms with Gasteiger partial charge in [0.1, 0.15) is 5.82 Å². The van der Waals surface area contributed by atoms with E-state index in [2.05, 4.69) is 34.8 Å². The first-order valence-electron chi connectivity index (χ1n) is 5.07. The second kappa shape index (κ2) is 4.23. The van der Waals surface area contributed by atoms with E-state index < -0.39 is 0 Å². The van der Waals surface area contributed by atoms with Crippen LogP contribution in [0.3, 0.4) is 0 Å². The van der Waals surface area contributed by atoms with Gasteiger partial charge in [0.2, 0.25) is 0 Å². The first-order chi connectivity index (χ1) is 7.24. The second-order valence-electron chi connectivity index (χ2n) is 3.64. The lowest BCUT2D eigenvalue weighted by molar-refractivity contribution is 0.817. The highest BCUT2D eigenvalue weighted by atomic mass is 32.2. The normalized spacial score (nSPS) is 14.9. The van der Waals surface area contributed by atoms with Crippen LogP contribution in [0.25, 0.3) is 6.08 Å². The fourth-order valence-electron chi connectivity index (χ4n) is 1.77. The van der Waals surface area contributed by atoms with E-state index in [0.29, 0.717) is 0 Å². The minimum atomic E-state index is 0.847. The van der Waals surface area contributed by atoms with Gasteiger partial charge in [-0.1, -0.05) is 17.3 Å². The molecule has 0 amide bonds. The van der Waals surface area contributed by atoms with Crippen molar-refractivity contribution < 1.29 is 0 Å². The molecule has 4 heteroatoms. The van der Waals surface area contributed by atoms with Crippen molar-refractivity contribution in [1.82, 2.24) is 9.97 Å². The Kier molecular flexibility index (Phi) is 2.95. The molecular weight excluding hydrogens is 206 g/mol. The standard InChI is InChI=1S/C11H15N3S/c1-4-14-7-8(2)5-9-6-12-11(15-3)13-10(9)14/h5-6H,4,7H2,1-3H3. The quantitative estimate of drug-likeness (QED) is 0.566. The van der Waals surface area contributed by atoms with Crippen LogP contribution in [-0.4, -0.2) is 29.3 Å². The van der Waals surface area contributed by atoms with Crippen molar-refractivity contribution in [2.45, 2.75) is 19.0 Å². The molecule has 0 fully saturated rings. The number of hydrogen-bond donors (Lipinski definition) is 0. The lowest BCUT2D eigenvalue weighted by Crippen LogP contribution is -2.29. The molecule has 0 radical (unpaired) electrons. The molecule has 15 heavy (non-hydrogen) atoms. The highest BCUT2D eigenvalue weighted by Crippen LogP contribution is 2.27. The van der Waals surface area contributed by atoms with Crippen molar-refractivity contribution in [3.63, 3.8) is 0 Å². The molecule has 0 saturated carbocycles. The molecule has 2 heterocycles. The van der Waals surface area contributed by atoms with Gasteiger partial charge in [-0.15, -0.1) is 0 Å². The van der Waals surface area contributed by atoms with Crippen LogP contribution in [0.4, 0.5) is 5.82 Å². The summed E-state index contributed by atoms with van der Waals surface area (Å²) in [7, 11) is 0. The van der Waals surface area contributed by atoms with Gasteiger partial charge in [-0.25, -0.2) is 9.97 Å². The third kappa shape index (κ3) is 2.00. The number of likely N-dealkylation sites (N-methyl/N-ethyl adjacent to an activating group) is 1. The molecule has 0 N–H and O–H groups in total. The zero-order chi connectivity index (χ0) is 10.8. The average Bonchev–Trinajstić information content (AvgIpc) is 2.27. The molecular formula is C11H15N3S. The van der Waals surface area contributed by atoms with Crippen LogP contribution in [0, 0.1) is 0 Å². The predicted molar refractivity (Wildman–Crippen MR) is 65.4 cm³/mol. The lowest BCUT2D eigenvalue weighted by atomic mass is 10.1. The molecule has 0 atom stereocenters. The van der Waals surface area contributed by atoms with Gasteiger partial charge in [0.25, 0.3) is 0 Å². The van der Waals surface area contributed by atoms with Gasteiger partial charge in [-0.2, -0.15) is 0 Å². The maximum absolute atomic E-state index is 4.55. The number of nitrogens with zero attached hydrogens (tertiary/aromatic N) is 3. The first kappa shape index (κ1) is 10.5. The minimum absolute atomic E-state index is 0.847. The van der Waals surface area contributed by atoms with Crippen molar-refractivity contribution in [2.75, 3.05) is 24.2 Å². The number of rotatable bonds is 2. The number of aromatic nitrogens is 2. The maximum Gasteiger partial charge on any atom is 0.189 e. The first-order valence-corrected chi connectivity index (χ1v) is 6.30. The van der Waals surface area contributed by atoms with E-state index in [-0.39, 0.29) is 0 Å². The molecule has 0 bridgehead atoms. The zero-order valence-corrected chi connectivity index (χ0v) is 10.1. The van der Waals surface area contributed by atoms with Crippen LogP contribution in [0.1, 0.15) is 19.4 Å². The summed E-state index contributed by atoms with van der Waals surface area (Å²) in [6.45, 7) is 6.27. The van der Waals surface area contributed by atoms with Crippen LogP contribution in [0.5, 0.6) is 0 Å². The summed E-state index contributed by atoms with van der Waals surface area (Å²) in [4.78, 5) is 11.1. The summed E-state index contributed by atoms with van der Waals surface area (Å²) in [5.74, 6) is 1.07. The van der Waals surface area contributed by atoms with Gasteiger partial charge in [-0.05, 0) is 26.2 Å². The average molecular weight is 221 g/mol. The molecule has 0 aromatic carbocycles. The summed E-state index contributed by atoms with van der Waals surface area (Å²) in [6.07, 6.45) is 6.09. The number of hydrogen-bond acceptors (Lipinski definition) is 4. The number of thioether (sulfide) groups is 1. The topological polar surface area (TPSA) is 29.0 Å². The molecule has 3 nitrogen and oxygen atoms in total. The van der Waals surface area contributed by atoms with E-state index in [1.807, 2.05) is 12.5 Å². The summed E-state index contributed by atoms with van der Waals surface area (Å²) in [5.41, 5.74) is 2.50. The Morgan fingerprint density at radius 2 is 2.33 bits per heavy atom. The van der Waals surface area contributed by atoms with E-state index in [9.17, 15) is 0 Å². The number of anilines is 1. The van der Waals surface area contributed by atoms with Crippen molar-refractivity contribution in [3.05, 3.63) is 17.3 Å². The van der Waals surface area contributed by atoms with Crippen LogP contribution >= 0.6 is 11.8 Å². The van der Waals surface area contributed by atoms with Gasteiger partial charge in [0, 0.05) is 24.8 Å². The molecule has 80 valence electrons. The SMILES string of the molecule is CCN1CC(C)=Cc2cnc(SC)nc21. The molecule has 0 unspecified atom stereocenters. The minimum Gasteiger partial charge on any atom is -0.352 e. The van der Waals surface area contributed by atoms with E-state index in [0.717, 1.165) is 29.6 Å². The van der Waals surface area contributed by atoms with Crippen LogP contribution in [0.2, 0.25) is 0 Å². The Morgan fingerprint density at radius 1 is 1.53 bits per heavy atom. The van der Waals surface area contributed by atoms with Gasteiger partial charge in [-0.3, -0.25) is 0 Å². The second-order valence-corrected chi connectivity index (χ2v) is 4.41. The third-order valence-electron chi connectivity index (χ3n) is 2.48. The van der Waals surface area contributed by atoms with Crippen LogP contribution in [-0.2, 0) is 0 Å². The van der Waals surface area contributed by atoms with Crippen LogP contribution in [0.15, 0.2) is 16.9 Å². The van der Waals surface area contributed by atoms with E-state index in [4.69, 9.17) is 0 Å². The molecule has 1 aliphatic heterocycles. The van der Waals surface area contributed by atoms with E-state index >= 15 is 0 Å². The third-order valence-corrected chi connectivity index (χ3v) is 3.04. The zero-order valence-electron chi connectivity index (χ0n) is 9.32. The van der Waals surface area contributed by atoms with E-state index in [1.54, 1.807) is 11.8 Å². The summed E-state index contributed by atoms with van der Waals surface area (Å²) < 4.78 is 0. The molecule has 0 saturated heterocycles. The Morgan fingerprint density at radius 3 is 3.00 bits per heavy atom. The monoisotopic (exact) mass is 221 g/mol. The summed E-state index contributed by atoms with van der Waals surface area (Å²) >= 11 is 1.59. The molecule has 1 aliphatic rings. The van der Waals surface area contributed by atoms with Gasteiger partial charge < -0.3 is 4.90 Å². The van der Waals surface area contributed by atoms with Crippen molar-refractivity contribution in [1.29, 1.82) is 0 Å². The fourth-order valence-corrected chi connectivity index (χ4v) is 2.10. The van der Waals surface area contributed by atoms with E-state index in [1.165, 1.54) is 5.57 Å². The van der Waals surface area contributed by atoms with Gasteiger partial charge in [0.05, 0.1) is 0 Å². The Bertz CT molecular complexity index is 401. The Hall–Kier alpha value is -1.03. The number of fused-ring (bicyclic) bond motifs is 1.